The van der Waals surface area contributed by atoms with Crippen LogP contribution < -0.4 is 14.7 Å². The lowest BCUT2D eigenvalue weighted by atomic mass is 10.0. The van der Waals surface area contributed by atoms with Crippen LogP contribution in [0.5, 0.6) is 0 Å². The van der Waals surface area contributed by atoms with Gasteiger partial charge in [-0.2, -0.15) is 0 Å². The third-order valence-electron chi connectivity index (χ3n) is 24.5. The van der Waals surface area contributed by atoms with Crippen LogP contribution in [0.25, 0.3) is 149 Å². The highest BCUT2D eigenvalue weighted by atomic mass is 15.2. The SMILES string of the molecule is [2H]c1c([2H])c([2H])c(N(c2ccc(-c3ccc(-n4c5ccccc5c5ccccc54)cc3)cc2)c2cccc3ccccc23)c([2H])c1[2H].c1ccc(-c2ccc(N(c3ccc(-c4ccc(-n5c6ccccc6c6ccccc65)cc4)cc3)c3ccc4ccccc4c3)cc2)cc1.c1ccc(N(c2ccccc2)c2ccc(-c3ccc(-n4c5ccccc5c5ccccc54)cc3)cc2)cc1. The van der Waals surface area contributed by atoms with Crippen LogP contribution in [0.2, 0.25) is 0 Å². The van der Waals surface area contributed by atoms with Gasteiger partial charge in [-0.15, -0.1) is 0 Å². The Kier molecular flexibility index (Phi) is 19.2. The third-order valence-corrected chi connectivity index (χ3v) is 24.5. The minimum absolute atomic E-state index is 0.107. The second-order valence-corrected chi connectivity index (χ2v) is 32.0. The monoisotopic (exact) mass is 1640 g/mol. The van der Waals surface area contributed by atoms with Gasteiger partial charge < -0.3 is 28.4 Å². The van der Waals surface area contributed by atoms with Gasteiger partial charge in [0.1, 0.15) is 0 Å². The summed E-state index contributed by atoms with van der Waals surface area (Å²) >= 11 is 0. The molecule has 0 aliphatic rings. The van der Waals surface area contributed by atoms with Gasteiger partial charge in [0, 0.05) is 100 Å². The summed E-state index contributed by atoms with van der Waals surface area (Å²) < 4.78 is 49.6. The molecule has 0 saturated carbocycles. The molecule has 3 aromatic heterocycles. The van der Waals surface area contributed by atoms with Crippen molar-refractivity contribution >= 4 is 138 Å². The summed E-state index contributed by atoms with van der Waals surface area (Å²) in [6.45, 7) is 0. The van der Waals surface area contributed by atoms with E-state index in [0.717, 1.165) is 84.1 Å². The van der Waals surface area contributed by atoms with Crippen molar-refractivity contribution in [3.05, 3.63) is 522 Å². The molecule has 21 aromatic carbocycles. The van der Waals surface area contributed by atoms with Crippen LogP contribution in [0.1, 0.15) is 6.85 Å². The van der Waals surface area contributed by atoms with E-state index in [1.165, 1.54) is 104 Å². The molecule has 0 radical (unpaired) electrons. The van der Waals surface area contributed by atoms with Crippen molar-refractivity contribution < 1.29 is 6.85 Å². The molecule has 0 spiro atoms. The van der Waals surface area contributed by atoms with Crippen LogP contribution in [-0.4, -0.2) is 13.7 Å². The van der Waals surface area contributed by atoms with Crippen molar-refractivity contribution in [1.82, 2.24) is 13.7 Å². The quantitative estimate of drug-likeness (QED) is 0.0964. The topological polar surface area (TPSA) is 24.5 Å². The van der Waals surface area contributed by atoms with Crippen molar-refractivity contribution in [3.63, 3.8) is 0 Å². The molecule has 3 heterocycles. The highest BCUT2D eigenvalue weighted by Crippen LogP contribution is 2.45. The fourth-order valence-electron chi connectivity index (χ4n) is 18.4. The lowest BCUT2D eigenvalue weighted by Crippen LogP contribution is -2.10. The standard InChI is InChI=1S/C46H32N2.C40H28N2.C36H26N2/c1-2-10-33(11-3-1)35-18-25-39(26-19-35)47(42-31-24-34-12-4-5-13-38(34)32-42)40-27-20-36(21-28-40)37-22-29-41(30-23-37)48-45-16-8-6-14-43(45)44-15-7-9-17-46(44)48;1-2-13-32(14-3-1)41(38-20-10-12-31-11-4-5-15-35(31)38)33-25-21-29(22-26-33)30-23-27-34(28-24-30)42-39-18-8-6-16-36(39)37-17-7-9-19-40(37)42;1-3-11-29(12-4-1)37(30-13-5-2-6-14-30)31-23-19-27(20-24-31)28-21-25-32(26-22-28)38-35-17-9-7-15-33(35)34-16-8-10-18-36(34)38/h1-32H;1-28H;1-26H/i;1D,2D,3D,13D,14D;. The van der Waals surface area contributed by atoms with E-state index >= 15 is 0 Å². The van der Waals surface area contributed by atoms with E-state index in [1.54, 1.807) is 4.90 Å². The first-order valence-electron chi connectivity index (χ1n) is 45.9. The number of fused-ring (bicyclic) bond motifs is 11. The van der Waals surface area contributed by atoms with Gasteiger partial charge in [-0.25, -0.2) is 0 Å². The molecular formula is C122H86N6. The molecule has 0 aliphatic carbocycles. The zero-order valence-electron chi connectivity index (χ0n) is 74.9. The molecule has 24 aromatic rings. The molecule has 6 heteroatoms. The number of para-hydroxylation sites is 9. The molecule has 0 unspecified atom stereocenters. The van der Waals surface area contributed by atoms with Crippen LogP contribution in [0.15, 0.2) is 522 Å². The number of nitrogens with zero attached hydrogens (tertiary/aromatic N) is 6. The molecule has 0 fully saturated rings. The predicted molar refractivity (Wildman–Crippen MR) is 543 cm³/mol. The summed E-state index contributed by atoms with van der Waals surface area (Å²) in [5.74, 6) is 0. The zero-order chi connectivity index (χ0) is 89.4. The average molecular weight is 1640 g/mol. The van der Waals surface area contributed by atoms with Crippen LogP contribution in [0, 0.1) is 0 Å². The zero-order valence-corrected chi connectivity index (χ0v) is 69.9. The van der Waals surface area contributed by atoms with E-state index in [9.17, 15) is 0 Å². The van der Waals surface area contributed by atoms with Gasteiger partial charge in [-0.3, -0.25) is 0 Å². The molecule has 604 valence electrons. The normalized spacial score (nSPS) is 11.8. The summed E-state index contributed by atoms with van der Waals surface area (Å²) in [5, 5.41) is 11.9. The highest BCUT2D eigenvalue weighted by molar-refractivity contribution is 6.12. The van der Waals surface area contributed by atoms with E-state index in [4.69, 9.17) is 6.85 Å². The maximum Gasteiger partial charge on any atom is 0.0645 e. The Bertz CT molecular complexity index is 8160. The van der Waals surface area contributed by atoms with Crippen molar-refractivity contribution in [1.29, 1.82) is 0 Å². The molecule has 0 saturated heterocycles. The minimum atomic E-state index is -0.415. The van der Waals surface area contributed by atoms with Gasteiger partial charge in [0.15, 0.2) is 0 Å². The van der Waals surface area contributed by atoms with E-state index in [1.807, 2.05) is 66.7 Å². The first-order valence-corrected chi connectivity index (χ1v) is 43.4. The molecule has 0 aliphatic heterocycles. The van der Waals surface area contributed by atoms with E-state index in [0.29, 0.717) is 5.69 Å². The van der Waals surface area contributed by atoms with E-state index in [2.05, 4.69) is 448 Å². The summed E-state index contributed by atoms with van der Waals surface area (Å²) in [7, 11) is 0. The van der Waals surface area contributed by atoms with Crippen molar-refractivity contribution in [2.75, 3.05) is 14.7 Å². The van der Waals surface area contributed by atoms with Crippen LogP contribution in [0.4, 0.5) is 51.2 Å². The average Bonchev–Trinajstić information content (AvgIpc) is 1.75. The maximum absolute atomic E-state index is 8.81. The number of rotatable bonds is 16. The molecule has 0 N–H and O–H groups in total. The molecule has 0 amide bonds. The minimum Gasteiger partial charge on any atom is -0.311 e. The number of hydrogen-bond acceptors (Lipinski definition) is 3. The lowest BCUT2D eigenvalue weighted by molar-refractivity contribution is 1.18. The Balaban J connectivity index is 0.000000117. The third kappa shape index (κ3) is 14.9. The fourth-order valence-corrected chi connectivity index (χ4v) is 18.4. The first kappa shape index (κ1) is 71.5. The Labute approximate surface area is 751 Å². The van der Waals surface area contributed by atoms with Gasteiger partial charge in [0.05, 0.1) is 45.6 Å². The fraction of sp³-hybridized carbons (Fsp3) is 0. The summed E-state index contributed by atoms with van der Waals surface area (Å²) in [5.41, 5.74) is 28.2. The van der Waals surface area contributed by atoms with Crippen LogP contribution in [0.3, 0.4) is 0 Å². The van der Waals surface area contributed by atoms with Gasteiger partial charge >= 0.3 is 0 Å². The summed E-state index contributed by atoms with van der Waals surface area (Å²) in [6, 6.07) is 171. The van der Waals surface area contributed by atoms with Gasteiger partial charge in [-0.1, -0.05) is 346 Å². The van der Waals surface area contributed by atoms with Crippen molar-refractivity contribution in [2.45, 2.75) is 0 Å². The second kappa shape index (κ2) is 34.3. The van der Waals surface area contributed by atoms with Gasteiger partial charge in [0.2, 0.25) is 0 Å². The largest absolute Gasteiger partial charge is 0.311 e. The van der Waals surface area contributed by atoms with E-state index < -0.39 is 6.04 Å². The molecule has 0 bridgehead atoms. The number of benzene rings is 21. The lowest BCUT2D eigenvalue weighted by Gasteiger charge is -2.27. The highest BCUT2D eigenvalue weighted by Gasteiger charge is 2.21. The number of aromatic nitrogens is 3. The molecule has 24 rings (SSSR count). The second-order valence-electron chi connectivity index (χ2n) is 32.0. The van der Waals surface area contributed by atoms with Crippen LogP contribution >= 0.6 is 0 Å². The summed E-state index contributed by atoms with van der Waals surface area (Å²) in [4.78, 5) is 6.41. The van der Waals surface area contributed by atoms with Gasteiger partial charge in [0.25, 0.3) is 0 Å². The first-order chi connectivity index (χ1) is 65.6. The smallest absolute Gasteiger partial charge is 0.0645 e. The molecule has 128 heavy (non-hydrogen) atoms. The van der Waals surface area contributed by atoms with Crippen LogP contribution in [-0.2, 0) is 0 Å². The molecule has 6 nitrogen and oxygen atoms in total. The Morgan fingerprint density at radius 3 is 0.766 bits per heavy atom. The van der Waals surface area contributed by atoms with Gasteiger partial charge in [-0.05, 0) is 237 Å². The summed E-state index contributed by atoms with van der Waals surface area (Å²) in [6.07, 6.45) is 0. The number of hydrogen-bond donors (Lipinski definition) is 0. The Morgan fingerprint density at radius 1 is 0.156 bits per heavy atom. The van der Waals surface area contributed by atoms with Crippen molar-refractivity contribution in [3.8, 4) is 61.6 Å². The maximum atomic E-state index is 8.81. The Hall–Kier alpha value is -17.1. The van der Waals surface area contributed by atoms with Crippen molar-refractivity contribution in [2.24, 2.45) is 0 Å². The Morgan fingerprint density at radius 2 is 0.406 bits per heavy atom. The molecule has 0 atom stereocenters. The number of anilines is 9. The molecular weight excluding hydrogens is 1550 g/mol. The predicted octanol–water partition coefficient (Wildman–Crippen LogP) is 33.7. The van der Waals surface area contributed by atoms with E-state index in [-0.39, 0.29) is 29.9 Å².